The topological polar surface area (TPSA) is 28.7 Å². The summed E-state index contributed by atoms with van der Waals surface area (Å²) in [6.07, 6.45) is 0. The van der Waals surface area contributed by atoms with E-state index in [1.54, 1.807) is 0 Å². The Morgan fingerprint density at radius 2 is 2.33 bits per heavy atom. The van der Waals surface area contributed by atoms with E-state index in [0.29, 0.717) is 15.8 Å². The summed E-state index contributed by atoms with van der Waals surface area (Å²) in [4.78, 5) is 7.53. The minimum absolute atomic E-state index is 0.610. The average Bonchev–Trinajstić information content (AvgIpc) is 2.56. The lowest BCUT2D eigenvalue weighted by atomic mass is 10.3. The zero-order chi connectivity index (χ0) is 10.8. The van der Waals surface area contributed by atoms with E-state index < -0.39 is 0 Å². The minimum atomic E-state index is 0.610. The number of nitrogens with zero attached hydrogens (tertiary/aromatic N) is 1. The summed E-state index contributed by atoms with van der Waals surface area (Å²) >= 11 is 13.1. The van der Waals surface area contributed by atoms with Crippen LogP contribution in [0.15, 0.2) is 35.0 Å². The first-order valence-electron chi connectivity index (χ1n) is 4.26. The van der Waals surface area contributed by atoms with Crippen molar-refractivity contribution in [1.29, 1.82) is 0 Å². The van der Waals surface area contributed by atoms with Crippen LogP contribution in [0.2, 0.25) is 5.02 Å². The number of fused-ring (bicyclic) bond motifs is 1. The maximum Gasteiger partial charge on any atom is 0.166 e. The zero-order valence-corrected chi connectivity index (χ0v) is 10.1. The molecule has 0 radical (unpaired) electrons. The van der Waals surface area contributed by atoms with Gasteiger partial charge in [-0.25, -0.2) is 4.98 Å². The molecule has 78 valence electrons. The number of halogens is 2. The normalized spacial score (nSPS) is 10.8. The lowest BCUT2D eigenvalue weighted by Gasteiger charge is -1.92. The van der Waals surface area contributed by atoms with Crippen molar-refractivity contribution >= 4 is 46.0 Å². The molecule has 2 rings (SSSR count). The van der Waals surface area contributed by atoms with Crippen molar-refractivity contribution < 1.29 is 0 Å². The second kappa shape index (κ2) is 4.47. The first kappa shape index (κ1) is 10.9. The van der Waals surface area contributed by atoms with Crippen molar-refractivity contribution in [2.45, 2.75) is 5.16 Å². The molecule has 0 aliphatic carbocycles. The molecule has 15 heavy (non-hydrogen) atoms. The number of nitrogens with one attached hydrogen (secondary N) is 1. The van der Waals surface area contributed by atoms with Gasteiger partial charge in [0, 0.05) is 15.8 Å². The van der Waals surface area contributed by atoms with E-state index in [-0.39, 0.29) is 0 Å². The van der Waals surface area contributed by atoms with E-state index in [9.17, 15) is 0 Å². The van der Waals surface area contributed by atoms with Crippen LogP contribution < -0.4 is 0 Å². The van der Waals surface area contributed by atoms with Crippen LogP contribution in [0.3, 0.4) is 0 Å². The molecule has 0 saturated carbocycles. The summed E-state index contributed by atoms with van der Waals surface area (Å²) in [7, 11) is 0. The monoisotopic (exact) mass is 258 g/mol. The first-order chi connectivity index (χ1) is 7.15. The molecular formula is C10H8Cl2N2S. The molecule has 2 aromatic rings. The summed E-state index contributed by atoms with van der Waals surface area (Å²) in [6.45, 7) is 3.62. The van der Waals surface area contributed by atoms with Crippen molar-refractivity contribution in [3.05, 3.63) is 34.8 Å². The predicted molar refractivity (Wildman–Crippen MR) is 66.8 cm³/mol. The van der Waals surface area contributed by atoms with Gasteiger partial charge in [0.25, 0.3) is 0 Å². The molecule has 0 unspecified atom stereocenters. The molecule has 0 spiro atoms. The lowest BCUT2D eigenvalue weighted by Crippen LogP contribution is -1.78. The highest BCUT2D eigenvalue weighted by Crippen LogP contribution is 2.23. The summed E-state index contributed by atoms with van der Waals surface area (Å²) in [5.41, 5.74) is 1.84. The second-order valence-electron chi connectivity index (χ2n) is 3.01. The van der Waals surface area contributed by atoms with Crippen molar-refractivity contribution in [3.8, 4) is 0 Å². The number of thioether (sulfide) groups is 1. The van der Waals surface area contributed by atoms with Crippen LogP contribution >= 0.6 is 35.0 Å². The van der Waals surface area contributed by atoms with E-state index in [1.807, 2.05) is 18.2 Å². The summed E-state index contributed by atoms with van der Waals surface area (Å²) in [6, 6.07) is 5.55. The molecule has 1 heterocycles. The maximum absolute atomic E-state index is 5.87. The average molecular weight is 259 g/mol. The highest BCUT2D eigenvalue weighted by atomic mass is 35.5. The molecular weight excluding hydrogens is 251 g/mol. The van der Waals surface area contributed by atoms with Crippen LogP contribution in [0, 0.1) is 0 Å². The van der Waals surface area contributed by atoms with Crippen molar-refractivity contribution in [2.75, 3.05) is 5.75 Å². The molecule has 1 N–H and O–H groups in total. The molecule has 0 atom stereocenters. The number of aromatic nitrogens is 2. The molecule has 0 aliphatic rings. The van der Waals surface area contributed by atoms with Gasteiger partial charge >= 0.3 is 0 Å². The Kier molecular flexibility index (Phi) is 3.24. The van der Waals surface area contributed by atoms with E-state index in [2.05, 4.69) is 16.5 Å². The summed E-state index contributed by atoms with van der Waals surface area (Å²) in [5, 5.41) is 2.14. The van der Waals surface area contributed by atoms with Crippen molar-refractivity contribution in [1.82, 2.24) is 9.97 Å². The molecule has 0 saturated heterocycles. The smallest absolute Gasteiger partial charge is 0.166 e. The van der Waals surface area contributed by atoms with Gasteiger partial charge < -0.3 is 4.98 Å². The molecule has 0 bridgehead atoms. The van der Waals surface area contributed by atoms with E-state index >= 15 is 0 Å². The Bertz CT molecular complexity index is 507. The number of imidazole rings is 1. The van der Waals surface area contributed by atoms with Crippen molar-refractivity contribution in [2.24, 2.45) is 0 Å². The quantitative estimate of drug-likeness (QED) is 0.842. The van der Waals surface area contributed by atoms with Gasteiger partial charge in [-0.15, -0.1) is 0 Å². The highest BCUT2D eigenvalue weighted by Gasteiger charge is 2.03. The first-order valence-corrected chi connectivity index (χ1v) is 6.00. The standard InChI is InChI=1S/C10H8Cl2N2S/c1-6(11)5-15-10-13-8-3-2-7(12)4-9(8)14-10/h2-4H,1,5H2,(H,13,14). The maximum atomic E-state index is 5.87. The number of hydrogen-bond acceptors (Lipinski definition) is 2. The number of H-pyrrole nitrogens is 1. The van der Waals surface area contributed by atoms with Gasteiger partial charge in [-0.2, -0.15) is 0 Å². The number of hydrogen-bond donors (Lipinski definition) is 1. The van der Waals surface area contributed by atoms with Gasteiger partial charge in [0.1, 0.15) is 0 Å². The van der Waals surface area contributed by atoms with Gasteiger partial charge in [0.05, 0.1) is 11.0 Å². The number of aromatic amines is 1. The molecule has 1 aromatic heterocycles. The van der Waals surface area contributed by atoms with Crippen LogP contribution in [-0.4, -0.2) is 15.7 Å². The largest absolute Gasteiger partial charge is 0.333 e. The van der Waals surface area contributed by atoms with Gasteiger partial charge in [0.2, 0.25) is 0 Å². The van der Waals surface area contributed by atoms with E-state index in [4.69, 9.17) is 23.2 Å². The summed E-state index contributed by atoms with van der Waals surface area (Å²) in [5.74, 6) is 0.648. The zero-order valence-electron chi connectivity index (χ0n) is 7.76. The predicted octanol–water partition coefficient (Wildman–Crippen LogP) is 4.06. The van der Waals surface area contributed by atoms with Crippen molar-refractivity contribution in [3.63, 3.8) is 0 Å². The Morgan fingerprint density at radius 3 is 3.07 bits per heavy atom. The highest BCUT2D eigenvalue weighted by molar-refractivity contribution is 7.99. The Balaban J connectivity index is 2.27. The Hall–Kier alpha value is -0.640. The molecule has 1 aromatic carbocycles. The van der Waals surface area contributed by atoms with Gasteiger partial charge in [-0.1, -0.05) is 41.5 Å². The van der Waals surface area contributed by atoms with E-state index in [1.165, 1.54) is 11.8 Å². The molecule has 5 heteroatoms. The molecule has 2 nitrogen and oxygen atoms in total. The Morgan fingerprint density at radius 1 is 1.53 bits per heavy atom. The second-order valence-corrected chi connectivity index (χ2v) is 4.94. The third-order valence-corrected chi connectivity index (χ3v) is 3.27. The SMILES string of the molecule is C=C(Cl)CSc1nc2ccc(Cl)cc2[nH]1. The number of benzene rings is 1. The number of rotatable bonds is 3. The molecule has 0 aliphatic heterocycles. The third kappa shape index (κ3) is 2.68. The van der Waals surface area contributed by atoms with E-state index in [0.717, 1.165) is 16.2 Å². The lowest BCUT2D eigenvalue weighted by molar-refractivity contribution is 1.08. The fourth-order valence-corrected chi connectivity index (χ4v) is 2.15. The van der Waals surface area contributed by atoms with Crippen LogP contribution in [0.5, 0.6) is 0 Å². The van der Waals surface area contributed by atoms with Crippen LogP contribution in [0.1, 0.15) is 0 Å². The van der Waals surface area contributed by atoms with Crippen LogP contribution in [-0.2, 0) is 0 Å². The fraction of sp³-hybridized carbons (Fsp3) is 0.100. The van der Waals surface area contributed by atoms with Gasteiger partial charge in [0.15, 0.2) is 5.16 Å². The summed E-state index contributed by atoms with van der Waals surface area (Å²) < 4.78 is 0. The Labute approximate surface area is 102 Å². The molecule has 0 amide bonds. The van der Waals surface area contributed by atoms with Crippen LogP contribution in [0.25, 0.3) is 11.0 Å². The van der Waals surface area contributed by atoms with Crippen LogP contribution in [0.4, 0.5) is 0 Å². The minimum Gasteiger partial charge on any atom is -0.333 e. The fourth-order valence-electron chi connectivity index (χ4n) is 1.17. The van der Waals surface area contributed by atoms with Gasteiger partial charge in [-0.3, -0.25) is 0 Å². The molecule has 0 fully saturated rings. The third-order valence-electron chi connectivity index (χ3n) is 1.79. The van der Waals surface area contributed by atoms with Gasteiger partial charge in [-0.05, 0) is 18.2 Å².